The number of furan rings is 1. The fraction of sp³-hybridized carbons (Fsp3) is 0.500. The third kappa shape index (κ3) is 5.91. The van der Waals surface area contributed by atoms with E-state index in [0.717, 1.165) is 31.6 Å². The quantitative estimate of drug-likeness (QED) is 0.736. The first-order valence-electron chi connectivity index (χ1n) is 10.4. The highest BCUT2D eigenvalue weighted by atomic mass is 19.4. The molecule has 0 unspecified atom stereocenters. The Hall–Kier alpha value is -2.92. The number of pyridine rings is 1. The highest BCUT2D eigenvalue weighted by Gasteiger charge is 2.46. The Labute approximate surface area is 188 Å². The van der Waals surface area contributed by atoms with Gasteiger partial charge in [0.25, 0.3) is 5.91 Å². The SMILES string of the molecule is CO[C@@H]1CCN(C(=O)c2occc2C)[C@@H]2CN(Cc3cccnc3)C[C@@H]21.O=C(O)C(F)(F)F. The average Bonchev–Trinajstić information content (AvgIpc) is 3.39. The van der Waals surface area contributed by atoms with Crippen molar-refractivity contribution in [2.75, 3.05) is 26.7 Å². The number of carbonyl (C=O) groups is 2. The third-order valence-electron chi connectivity index (χ3n) is 5.93. The normalized spacial score (nSPS) is 22.9. The van der Waals surface area contributed by atoms with E-state index in [1.165, 1.54) is 5.56 Å². The van der Waals surface area contributed by atoms with E-state index in [1.54, 1.807) is 19.6 Å². The molecule has 0 aliphatic carbocycles. The first-order valence-corrected chi connectivity index (χ1v) is 10.4. The second-order valence-electron chi connectivity index (χ2n) is 8.08. The van der Waals surface area contributed by atoms with Gasteiger partial charge >= 0.3 is 12.1 Å². The number of likely N-dealkylation sites (tertiary alicyclic amines) is 2. The highest BCUT2D eigenvalue weighted by molar-refractivity contribution is 5.93. The van der Waals surface area contributed by atoms with Crippen molar-refractivity contribution in [3.05, 3.63) is 53.7 Å². The summed E-state index contributed by atoms with van der Waals surface area (Å²) in [7, 11) is 1.78. The van der Waals surface area contributed by atoms with Crippen molar-refractivity contribution in [2.24, 2.45) is 5.92 Å². The Morgan fingerprint density at radius 2 is 2.03 bits per heavy atom. The number of carboxylic acids is 1. The zero-order chi connectivity index (χ0) is 24.2. The zero-order valence-corrected chi connectivity index (χ0v) is 18.3. The van der Waals surface area contributed by atoms with Gasteiger partial charge in [-0.15, -0.1) is 0 Å². The largest absolute Gasteiger partial charge is 0.490 e. The van der Waals surface area contributed by atoms with Crippen LogP contribution in [0, 0.1) is 12.8 Å². The van der Waals surface area contributed by atoms with Gasteiger partial charge in [-0.3, -0.25) is 14.7 Å². The van der Waals surface area contributed by atoms with Gasteiger partial charge in [0, 0.05) is 57.2 Å². The molecule has 2 aliphatic heterocycles. The second-order valence-corrected chi connectivity index (χ2v) is 8.08. The van der Waals surface area contributed by atoms with Gasteiger partial charge in [-0.1, -0.05) is 6.07 Å². The van der Waals surface area contributed by atoms with Crippen LogP contribution in [-0.4, -0.2) is 76.8 Å². The number of methoxy groups -OCH3 is 1. The molecule has 1 N–H and O–H groups in total. The number of aromatic nitrogens is 1. The summed E-state index contributed by atoms with van der Waals surface area (Å²) in [6, 6.07) is 6.06. The number of hydrogen-bond donors (Lipinski definition) is 1. The summed E-state index contributed by atoms with van der Waals surface area (Å²) in [5.41, 5.74) is 2.09. The van der Waals surface area contributed by atoms with Gasteiger partial charge in [-0.25, -0.2) is 4.79 Å². The first kappa shape index (κ1) is 24.7. The number of piperidine rings is 1. The van der Waals surface area contributed by atoms with Crippen LogP contribution in [0.15, 0.2) is 41.3 Å². The van der Waals surface area contributed by atoms with E-state index < -0.39 is 12.1 Å². The molecule has 3 atom stereocenters. The standard InChI is InChI=1S/C20H25N3O3.C2HF3O2/c1-14-6-9-26-19(14)20(24)23-8-5-18(25-2)16-12-22(13-17(16)23)11-15-4-3-7-21-10-15;3-2(4,5)1(6)7/h3-4,6-7,9-10,16-18H,5,8,11-13H2,1-2H3;(H,6,7)/t16-,17+,18+;/m0./s1. The number of nitrogens with zero attached hydrogens (tertiary/aromatic N) is 3. The number of fused-ring (bicyclic) bond motifs is 1. The van der Waals surface area contributed by atoms with Crippen molar-refractivity contribution in [1.29, 1.82) is 0 Å². The Morgan fingerprint density at radius 1 is 1.30 bits per heavy atom. The molecule has 0 spiro atoms. The molecule has 4 heterocycles. The molecule has 0 saturated carbocycles. The van der Waals surface area contributed by atoms with Crippen LogP contribution < -0.4 is 0 Å². The minimum atomic E-state index is -5.08. The Balaban J connectivity index is 0.000000383. The molecule has 0 radical (unpaired) electrons. The zero-order valence-electron chi connectivity index (χ0n) is 18.3. The number of ether oxygens (including phenoxy) is 1. The molecule has 2 saturated heterocycles. The number of amides is 1. The van der Waals surface area contributed by atoms with Crippen LogP contribution in [0.1, 0.15) is 28.1 Å². The number of hydrogen-bond acceptors (Lipinski definition) is 6. The van der Waals surface area contributed by atoms with Crippen LogP contribution in [-0.2, 0) is 16.1 Å². The molecule has 11 heteroatoms. The predicted octanol–water partition coefficient (Wildman–Crippen LogP) is 2.98. The predicted molar refractivity (Wildman–Crippen MR) is 110 cm³/mol. The van der Waals surface area contributed by atoms with Crippen molar-refractivity contribution in [1.82, 2.24) is 14.8 Å². The smallest absolute Gasteiger partial charge is 0.475 e. The number of aliphatic carboxylic acids is 1. The van der Waals surface area contributed by atoms with E-state index in [4.69, 9.17) is 19.1 Å². The van der Waals surface area contributed by atoms with E-state index in [-0.39, 0.29) is 18.1 Å². The maximum Gasteiger partial charge on any atom is 0.490 e. The van der Waals surface area contributed by atoms with Gasteiger partial charge in [0.05, 0.1) is 18.4 Å². The van der Waals surface area contributed by atoms with Crippen LogP contribution in [0.2, 0.25) is 0 Å². The molecular weight excluding hydrogens is 443 g/mol. The molecule has 2 fully saturated rings. The monoisotopic (exact) mass is 469 g/mol. The van der Waals surface area contributed by atoms with E-state index in [1.807, 2.05) is 30.2 Å². The van der Waals surface area contributed by atoms with Crippen LogP contribution in [0.5, 0.6) is 0 Å². The van der Waals surface area contributed by atoms with Crippen LogP contribution in [0.3, 0.4) is 0 Å². The van der Waals surface area contributed by atoms with Gasteiger partial charge < -0.3 is 19.2 Å². The van der Waals surface area contributed by atoms with Crippen LogP contribution >= 0.6 is 0 Å². The Bertz CT molecular complexity index is 950. The van der Waals surface area contributed by atoms with Crippen molar-refractivity contribution in [3.8, 4) is 0 Å². The summed E-state index contributed by atoms with van der Waals surface area (Å²) < 4.78 is 42.9. The molecule has 2 aromatic heterocycles. The fourth-order valence-electron chi connectivity index (χ4n) is 4.38. The molecular formula is C22H26F3N3O5. The lowest BCUT2D eigenvalue weighted by atomic mass is 9.88. The minimum absolute atomic E-state index is 0.000260. The number of halogens is 3. The van der Waals surface area contributed by atoms with Crippen molar-refractivity contribution >= 4 is 11.9 Å². The lowest BCUT2D eigenvalue weighted by Crippen LogP contribution is -2.53. The number of aryl methyl sites for hydroxylation is 1. The summed E-state index contributed by atoms with van der Waals surface area (Å²) in [5.74, 6) is -1.97. The van der Waals surface area contributed by atoms with Crippen molar-refractivity contribution in [3.63, 3.8) is 0 Å². The summed E-state index contributed by atoms with van der Waals surface area (Å²) in [6.07, 6.45) is 1.26. The van der Waals surface area contributed by atoms with Gasteiger partial charge in [0.15, 0.2) is 5.76 Å². The van der Waals surface area contributed by atoms with Gasteiger partial charge in [-0.2, -0.15) is 13.2 Å². The summed E-state index contributed by atoms with van der Waals surface area (Å²) in [5, 5.41) is 7.12. The molecule has 8 nitrogen and oxygen atoms in total. The third-order valence-corrected chi connectivity index (χ3v) is 5.93. The van der Waals surface area contributed by atoms with Crippen molar-refractivity contribution < 1.29 is 37.0 Å². The summed E-state index contributed by atoms with van der Waals surface area (Å²) >= 11 is 0. The number of alkyl halides is 3. The molecule has 4 rings (SSSR count). The van der Waals surface area contributed by atoms with Gasteiger partial charge in [0.2, 0.25) is 0 Å². The summed E-state index contributed by atoms with van der Waals surface area (Å²) in [6.45, 7) is 5.25. The minimum Gasteiger partial charge on any atom is -0.475 e. The lowest BCUT2D eigenvalue weighted by molar-refractivity contribution is -0.192. The maximum atomic E-state index is 13.0. The number of rotatable bonds is 4. The van der Waals surface area contributed by atoms with Crippen molar-refractivity contribution in [2.45, 2.75) is 38.2 Å². The van der Waals surface area contributed by atoms with Gasteiger partial charge in [0.1, 0.15) is 0 Å². The van der Waals surface area contributed by atoms with E-state index in [2.05, 4.69) is 16.0 Å². The molecule has 33 heavy (non-hydrogen) atoms. The molecule has 180 valence electrons. The van der Waals surface area contributed by atoms with Gasteiger partial charge in [-0.05, 0) is 31.0 Å². The fourth-order valence-corrected chi connectivity index (χ4v) is 4.38. The number of carboxylic acid groups (broad SMARTS) is 1. The van der Waals surface area contributed by atoms with E-state index >= 15 is 0 Å². The average molecular weight is 469 g/mol. The molecule has 1 amide bonds. The maximum absolute atomic E-state index is 13.0. The molecule has 0 aromatic carbocycles. The molecule has 2 aromatic rings. The second kappa shape index (κ2) is 10.3. The number of carbonyl (C=O) groups excluding carboxylic acids is 1. The lowest BCUT2D eigenvalue weighted by Gasteiger charge is -2.40. The van der Waals surface area contributed by atoms with E-state index in [9.17, 15) is 18.0 Å². The van der Waals surface area contributed by atoms with Crippen LogP contribution in [0.25, 0.3) is 0 Å². The first-order chi connectivity index (χ1) is 15.6. The molecule has 0 bridgehead atoms. The van der Waals surface area contributed by atoms with E-state index in [0.29, 0.717) is 18.2 Å². The molecule has 2 aliphatic rings. The summed E-state index contributed by atoms with van der Waals surface area (Å²) in [4.78, 5) is 30.5. The highest BCUT2D eigenvalue weighted by Crippen LogP contribution is 2.34. The topological polar surface area (TPSA) is 96.1 Å². The van der Waals surface area contributed by atoms with Crippen LogP contribution in [0.4, 0.5) is 13.2 Å². The Morgan fingerprint density at radius 3 is 2.58 bits per heavy atom. The Kier molecular flexibility index (Phi) is 7.75.